The number of nitrogens with zero attached hydrogens (tertiary/aromatic N) is 3. The number of carbonyl (C=O) groups is 2. The maximum absolute atomic E-state index is 13.2. The molecule has 0 atom stereocenters. The highest BCUT2D eigenvalue weighted by molar-refractivity contribution is 5.96. The number of hydrogen-bond acceptors (Lipinski definition) is 7. The first-order valence-corrected chi connectivity index (χ1v) is 11.0. The molecule has 2 amide bonds. The molecular weight excluding hydrogens is 412 g/mol. The molecule has 0 unspecified atom stereocenters. The van der Waals surface area contributed by atoms with Crippen molar-refractivity contribution in [3.63, 3.8) is 0 Å². The summed E-state index contributed by atoms with van der Waals surface area (Å²) in [5, 5.41) is 2.97. The summed E-state index contributed by atoms with van der Waals surface area (Å²) in [5.41, 5.74) is 0.773. The fourth-order valence-corrected chi connectivity index (χ4v) is 3.60. The van der Waals surface area contributed by atoms with Crippen molar-refractivity contribution in [2.45, 2.75) is 39.7 Å². The molecule has 32 heavy (non-hydrogen) atoms. The van der Waals surface area contributed by atoms with E-state index in [1.54, 1.807) is 17.0 Å². The van der Waals surface area contributed by atoms with Gasteiger partial charge in [0.05, 0.1) is 26.0 Å². The first kappa shape index (κ1) is 23.3. The van der Waals surface area contributed by atoms with Crippen LogP contribution in [0.5, 0.6) is 17.2 Å². The van der Waals surface area contributed by atoms with Crippen LogP contribution in [0.15, 0.2) is 30.7 Å². The van der Waals surface area contributed by atoms with Crippen LogP contribution in [-0.2, 0) is 0 Å². The minimum absolute atomic E-state index is 0.0214. The van der Waals surface area contributed by atoms with Gasteiger partial charge in [0.2, 0.25) is 5.75 Å². The molecule has 0 spiro atoms. The van der Waals surface area contributed by atoms with E-state index in [0.717, 1.165) is 0 Å². The van der Waals surface area contributed by atoms with E-state index >= 15 is 0 Å². The third kappa shape index (κ3) is 5.66. The van der Waals surface area contributed by atoms with Gasteiger partial charge in [-0.05, 0) is 45.7 Å². The molecule has 1 saturated heterocycles. The van der Waals surface area contributed by atoms with E-state index in [1.165, 1.54) is 18.6 Å². The molecule has 9 nitrogen and oxygen atoms in total. The van der Waals surface area contributed by atoms with Gasteiger partial charge in [-0.3, -0.25) is 14.6 Å². The fraction of sp³-hybridized carbons (Fsp3) is 0.478. The molecule has 1 aliphatic rings. The minimum Gasteiger partial charge on any atom is -0.490 e. The molecule has 172 valence electrons. The highest BCUT2D eigenvalue weighted by atomic mass is 16.5. The minimum atomic E-state index is -0.253. The Bertz CT molecular complexity index is 887. The van der Waals surface area contributed by atoms with Crippen LogP contribution < -0.4 is 19.5 Å². The molecule has 1 aromatic heterocycles. The Morgan fingerprint density at radius 1 is 1.00 bits per heavy atom. The van der Waals surface area contributed by atoms with Crippen molar-refractivity contribution in [3.8, 4) is 17.2 Å². The van der Waals surface area contributed by atoms with Crippen LogP contribution in [0.25, 0.3) is 0 Å². The van der Waals surface area contributed by atoms with E-state index in [1.807, 2.05) is 20.8 Å². The molecule has 1 aliphatic heterocycles. The second-order valence-electron chi connectivity index (χ2n) is 7.23. The number of nitrogens with one attached hydrogen (secondary N) is 1. The van der Waals surface area contributed by atoms with Crippen LogP contribution >= 0.6 is 0 Å². The molecule has 2 heterocycles. The fourth-order valence-electron chi connectivity index (χ4n) is 3.60. The average Bonchev–Trinajstić information content (AvgIpc) is 2.82. The number of likely N-dealkylation sites (tertiary alicyclic amines) is 1. The number of benzene rings is 1. The van der Waals surface area contributed by atoms with Crippen LogP contribution in [0.3, 0.4) is 0 Å². The second kappa shape index (κ2) is 11.3. The van der Waals surface area contributed by atoms with Crippen LogP contribution in [-0.4, -0.2) is 65.6 Å². The Kier molecular flexibility index (Phi) is 8.24. The normalized spacial score (nSPS) is 14.0. The van der Waals surface area contributed by atoms with Crippen molar-refractivity contribution in [2.75, 3.05) is 32.9 Å². The van der Waals surface area contributed by atoms with Gasteiger partial charge in [0.15, 0.2) is 11.5 Å². The first-order chi connectivity index (χ1) is 15.6. The Morgan fingerprint density at radius 2 is 1.62 bits per heavy atom. The predicted molar refractivity (Wildman–Crippen MR) is 118 cm³/mol. The van der Waals surface area contributed by atoms with E-state index < -0.39 is 0 Å². The monoisotopic (exact) mass is 442 g/mol. The first-order valence-electron chi connectivity index (χ1n) is 11.0. The zero-order valence-corrected chi connectivity index (χ0v) is 18.8. The van der Waals surface area contributed by atoms with Crippen LogP contribution in [0.4, 0.5) is 0 Å². The van der Waals surface area contributed by atoms with Crippen molar-refractivity contribution in [3.05, 3.63) is 42.0 Å². The maximum atomic E-state index is 13.2. The van der Waals surface area contributed by atoms with Gasteiger partial charge in [-0.1, -0.05) is 0 Å². The molecule has 3 rings (SSSR count). The summed E-state index contributed by atoms with van der Waals surface area (Å²) in [7, 11) is 0. The summed E-state index contributed by atoms with van der Waals surface area (Å²) >= 11 is 0. The Labute approximate surface area is 188 Å². The van der Waals surface area contributed by atoms with Crippen LogP contribution in [0.1, 0.15) is 54.5 Å². The lowest BCUT2D eigenvalue weighted by molar-refractivity contribution is 0.0696. The lowest BCUT2D eigenvalue weighted by Gasteiger charge is -2.32. The number of rotatable bonds is 9. The molecule has 0 radical (unpaired) electrons. The number of amides is 2. The Balaban J connectivity index is 1.68. The molecule has 0 aliphatic carbocycles. The van der Waals surface area contributed by atoms with Crippen LogP contribution in [0, 0.1) is 0 Å². The van der Waals surface area contributed by atoms with Gasteiger partial charge in [-0.2, -0.15) is 0 Å². The maximum Gasteiger partial charge on any atom is 0.271 e. The molecule has 2 aromatic rings. The van der Waals surface area contributed by atoms with E-state index in [2.05, 4.69) is 15.3 Å². The van der Waals surface area contributed by atoms with Gasteiger partial charge in [0.1, 0.15) is 5.69 Å². The van der Waals surface area contributed by atoms with E-state index in [-0.39, 0.29) is 23.6 Å². The molecule has 0 saturated carbocycles. The summed E-state index contributed by atoms with van der Waals surface area (Å²) in [5.74, 6) is 1.15. The standard InChI is InChI=1S/C23H30N4O5/c1-4-30-19-13-16(14-20(31-5-2)21(19)32-6-3)23(29)27-11-7-17(8-12-27)26-22(28)18-15-24-9-10-25-18/h9-10,13-15,17H,4-8,11-12H2,1-3H3,(H,26,28). The van der Waals surface area contributed by atoms with Crippen molar-refractivity contribution >= 4 is 11.8 Å². The predicted octanol–water partition coefficient (Wildman–Crippen LogP) is 2.71. The molecule has 1 fully saturated rings. The summed E-state index contributed by atoms with van der Waals surface area (Å²) in [6, 6.07) is 3.40. The number of aromatic nitrogens is 2. The smallest absolute Gasteiger partial charge is 0.271 e. The molecule has 0 bridgehead atoms. The quantitative estimate of drug-likeness (QED) is 0.637. The lowest BCUT2D eigenvalue weighted by atomic mass is 10.0. The van der Waals surface area contributed by atoms with Gasteiger partial charge in [-0.25, -0.2) is 4.98 Å². The van der Waals surface area contributed by atoms with Crippen molar-refractivity contribution in [1.29, 1.82) is 0 Å². The van der Waals surface area contributed by atoms with Gasteiger partial charge >= 0.3 is 0 Å². The van der Waals surface area contributed by atoms with Gasteiger partial charge in [-0.15, -0.1) is 0 Å². The Hall–Kier alpha value is -3.36. The average molecular weight is 443 g/mol. The summed E-state index contributed by atoms with van der Waals surface area (Å²) in [6.07, 6.45) is 5.76. The second-order valence-corrected chi connectivity index (χ2v) is 7.23. The zero-order chi connectivity index (χ0) is 22.9. The molecule has 1 aromatic carbocycles. The van der Waals surface area contributed by atoms with Gasteiger partial charge in [0, 0.05) is 37.1 Å². The number of piperidine rings is 1. The largest absolute Gasteiger partial charge is 0.490 e. The highest BCUT2D eigenvalue weighted by Gasteiger charge is 2.27. The third-order valence-corrected chi connectivity index (χ3v) is 5.07. The molecular formula is C23H30N4O5. The van der Waals surface area contributed by atoms with Gasteiger partial charge in [0.25, 0.3) is 11.8 Å². The lowest BCUT2D eigenvalue weighted by Crippen LogP contribution is -2.46. The summed E-state index contributed by atoms with van der Waals surface area (Å²) in [6.45, 7) is 8.06. The molecule has 9 heteroatoms. The van der Waals surface area contributed by atoms with Crippen molar-refractivity contribution in [1.82, 2.24) is 20.2 Å². The highest BCUT2D eigenvalue weighted by Crippen LogP contribution is 2.39. The number of carbonyl (C=O) groups excluding carboxylic acids is 2. The number of hydrogen-bond donors (Lipinski definition) is 1. The zero-order valence-electron chi connectivity index (χ0n) is 18.8. The summed E-state index contributed by atoms with van der Waals surface area (Å²) in [4.78, 5) is 35.2. The third-order valence-electron chi connectivity index (χ3n) is 5.07. The Morgan fingerprint density at radius 3 is 2.16 bits per heavy atom. The van der Waals surface area contributed by atoms with Gasteiger partial charge < -0.3 is 24.4 Å². The summed E-state index contributed by atoms with van der Waals surface area (Å²) < 4.78 is 17.2. The topological polar surface area (TPSA) is 103 Å². The van der Waals surface area contributed by atoms with Crippen molar-refractivity contribution in [2.24, 2.45) is 0 Å². The van der Waals surface area contributed by atoms with Crippen LogP contribution in [0.2, 0.25) is 0 Å². The number of ether oxygens (including phenoxy) is 3. The SMILES string of the molecule is CCOc1cc(C(=O)N2CCC(NC(=O)c3cnccn3)CC2)cc(OCC)c1OCC. The van der Waals surface area contributed by atoms with E-state index in [0.29, 0.717) is 68.6 Å². The van der Waals surface area contributed by atoms with E-state index in [4.69, 9.17) is 14.2 Å². The van der Waals surface area contributed by atoms with E-state index in [9.17, 15) is 9.59 Å². The molecule has 1 N–H and O–H groups in total. The van der Waals surface area contributed by atoms with Crippen molar-refractivity contribution < 1.29 is 23.8 Å².